The molecule has 1 atom stereocenters. The maximum atomic E-state index is 11.9. The lowest BCUT2D eigenvalue weighted by molar-refractivity contribution is -0.137. The van der Waals surface area contributed by atoms with Crippen LogP contribution in [0.25, 0.3) is 0 Å². The fourth-order valence-corrected chi connectivity index (χ4v) is 2.27. The molecule has 0 aliphatic carbocycles. The summed E-state index contributed by atoms with van der Waals surface area (Å²) in [7, 11) is 0. The molecule has 2 N–H and O–H groups in total. The lowest BCUT2D eigenvalue weighted by Gasteiger charge is -2.33. The Hall–Kier alpha value is -1.43. The Kier molecular flexibility index (Phi) is 4.30. The topological polar surface area (TPSA) is 61.8 Å². The van der Waals surface area contributed by atoms with Crippen LogP contribution in [0.4, 0.5) is 0 Å². The van der Waals surface area contributed by atoms with E-state index in [0.717, 1.165) is 11.1 Å². The maximum absolute atomic E-state index is 11.9. The Morgan fingerprint density at radius 1 is 1.44 bits per heavy atom. The van der Waals surface area contributed by atoms with Crippen molar-refractivity contribution in [3.63, 3.8) is 0 Å². The van der Waals surface area contributed by atoms with Crippen LogP contribution in [0.2, 0.25) is 0 Å². The summed E-state index contributed by atoms with van der Waals surface area (Å²) in [5.41, 5.74) is 3.74. The fraction of sp³-hybridized carbons (Fsp3) is 0.462. The van der Waals surface area contributed by atoms with Crippen molar-refractivity contribution in [2.45, 2.75) is 13.0 Å². The number of nitrogens with zero attached hydrogens (tertiary/aromatic N) is 1. The van der Waals surface area contributed by atoms with Gasteiger partial charge in [0, 0.05) is 13.1 Å². The van der Waals surface area contributed by atoms with Crippen LogP contribution in [-0.2, 0) is 9.53 Å². The van der Waals surface area contributed by atoms with Crippen molar-refractivity contribution in [1.82, 2.24) is 10.4 Å². The molecule has 1 fully saturated rings. The summed E-state index contributed by atoms with van der Waals surface area (Å²) < 4.78 is 5.29. The largest absolute Gasteiger partial charge is 0.379 e. The van der Waals surface area contributed by atoms with Crippen LogP contribution < -0.4 is 5.48 Å². The lowest BCUT2D eigenvalue weighted by Crippen LogP contribution is -2.45. The Morgan fingerprint density at radius 3 is 2.78 bits per heavy atom. The Balaban J connectivity index is 2.26. The molecule has 0 aromatic heterocycles. The van der Waals surface area contributed by atoms with Crippen LogP contribution in [0.15, 0.2) is 24.3 Å². The third kappa shape index (κ3) is 2.87. The quantitative estimate of drug-likeness (QED) is 0.617. The zero-order chi connectivity index (χ0) is 13.0. The van der Waals surface area contributed by atoms with Gasteiger partial charge in [-0.3, -0.25) is 14.9 Å². The molecule has 2 rings (SSSR count). The van der Waals surface area contributed by atoms with Gasteiger partial charge in [-0.2, -0.15) is 0 Å². The SMILES string of the molecule is Cc1cccc(C(C(=O)NO)N2CCOCC2)c1. The minimum atomic E-state index is -0.459. The van der Waals surface area contributed by atoms with E-state index in [4.69, 9.17) is 9.94 Å². The molecule has 0 radical (unpaired) electrons. The van der Waals surface area contributed by atoms with Gasteiger partial charge >= 0.3 is 0 Å². The number of carbonyl (C=O) groups is 1. The van der Waals surface area contributed by atoms with Gasteiger partial charge in [0.15, 0.2) is 0 Å². The van der Waals surface area contributed by atoms with Crippen molar-refractivity contribution < 1.29 is 14.7 Å². The second-order valence-electron chi connectivity index (χ2n) is 4.44. The molecule has 98 valence electrons. The van der Waals surface area contributed by atoms with Crippen molar-refractivity contribution in [2.75, 3.05) is 26.3 Å². The van der Waals surface area contributed by atoms with E-state index in [1.807, 2.05) is 36.1 Å². The first-order chi connectivity index (χ1) is 8.72. The highest BCUT2D eigenvalue weighted by molar-refractivity contribution is 5.82. The number of morpholine rings is 1. The highest BCUT2D eigenvalue weighted by Gasteiger charge is 2.28. The van der Waals surface area contributed by atoms with Gasteiger partial charge in [0.1, 0.15) is 6.04 Å². The number of ether oxygens (including phenoxy) is 1. The van der Waals surface area contributed by atoms with Gasteiger partial charge in [0.05, 0.1) is 13.2 Å². The smallest absolute Gasteiger partial charge is 0.265 e. The number of carbonyl (C=O) groups excluding carboxylic acids is 1. The second kappa shape index (κ2) is 5.95. The van der Waals surface area contributed by atoms with E-state index in [2.05, 4.69) is 0 Å². The Bertz CT molecular complexity index is 416. The van der Waals surface area contributed by atoms with Crippen LogP contribution in [-0.4, -0.2) is 42.3 Å². The average molecular weight is 250 g/mol. The number of hydroxylamine groups is 1. The van der Waals surface area contributed by atoms with E-state index in [-0.39, 0.29) is 0 Å². The van der Waals surface area contributed by atoms with Crippen LogP contribution in [0.5, 0.6) is 0 Å². The van der Waals surface area contributed by atoms with Crippen molar-refractivity contribution in [3.8, 4) is 0 Å². The number of aryl methyl sites for hydroxylation is 1. The van der Waals surface area contributed by atoms with Gasteiger partial charge in [0.2, 0.25) is 0 Å². The summed E-state index contributed by atoms with van der Waals surface area (Å²) >= 11 is 0. The third-order valence-corrected chi connectivity index (χ3v) is 3.13. The molecule has 0 bridgehead atoms. The Labute approximate surface area is 106 Å². The van der Waals surface area contributed by atoms with E-state index in [9.17, 15) is 4.79 Å². The molecule has 1 aliphatic rings. The minimum absolute atomic E-state index is 0.400. The number of benzene rings is 1. The molecule has 1 aromatic rings. The summed E-state index contributed by atoms with van der Waals surface area (Å²) in [6, 6.07) is 7.32. The molecular weight excluding hydrogens is 232 g/mol. The van der Waals surface area contributed by atoms with E-state index in [1.165, 1.54) is 0 Å². The van der Waals surface area contributed by atoms with Gasteiger partial charge < -0.3 is 4.74 Å². The van der Waals surface area contributed by atoms with Gasteiger partial charge in [-0.1, -0.05) is 29.8 Å². The highest BCUT2D eigenvalue weighted by Crippen LogP contribution is 2.22. The molecule has 1 saturated heterocycles. The fourth-order valence-electron chi connectivity index (χ4n) is 2.27. The maximum Gasteiger partial charge on any atom is 0.265 e. The number of rotatable bonds is 3. The number of nitrogens with one attached hydrogen (secondary N) is 1. The summed E-state index contributed by atoms with van der Waals surface area (Å²) in [5, 5.41) is 8.91. The molecule has 0 spiro atoms. The zero-order valence-corrected chi connectivity index (χ0v) is 10.4. The van der Waals surface area contributed by atoms with Crippen LogP contribution in [0, 0.1) is 6.92 Å². The molecular formula is C13H18N2O3. The van der Waals surface area contributed by atoms with Crippen LogP contribution >= 0.6 is 0 Å². The summed E-state index contributed by atoms with van der Waals surface area (Å²) in [6.45, 7) is 4.58. The summed E-state index contributed by atoms with van der Waals surface area (Å²) in [4.78, 5) is 13.9. The summed E-state index contributed by atoms with van der Waals surface area (Å²) in [6.07, 6.45) is 0. The molecule has 1 heterocycles. The van der Waals surface area contributed by atoms with Gasteiger partial charge in [-0.25, -0.2) is 5.48 Å². The van der Waals surface area contributed by atoms with Gasteiger partial charge in [-0.05, 0) is 12.5 Å². The Morgan fingerprint density at radius 2 is 2.17 bits per heavy atom. The van der Waals surface area contributed by atoms with Gasteiger partial charge in [0.25, 0.3) is 5.91 Å². The van der Waals surface area contributed by atoms with E-state index < -0.39 is 11.9 Å². The number of hydrogen-bond donors (Lipinski definition) is 2. The number of hydrogen-bond acceptors (Lipinski definition) is 4. The molecule has 5 heteroatoms. The van der Waals surface area contributed by atoms with Crippen LogP contribution in [0.1, 0.15) is 17.2 Å². The minimum Gasteiger partial charge on any atom is -0.379 e. The van der Waals surface area contributed by atoms with Crippen molar-refractivity contribution in [2.24, 2.45) is 0 Å². The van der Waals surface area contributed by atoms with E-state index in [0.29, 0.717) is 26.3 Å². The second-order valence-corrected chi connectivity index (χ2v) is 4.44. The predicted molar refractivity (Wildman–Crippen MR) is 66.2 cm³/mol. The first-order valence-electron chi connectivity index (χ1n) is 6.04. The first-order valence-corrected chi connectivity index (χ1v) is 6.04. The molecule has 1 aliphatic heterocycles. The normalized spacial score (nSPS) is 18.3. The van der Waals surface area contributed by atoms with Crippen molar-refractivity contribution in [3.05, 3.63) is 35.4 Å². The standard InChI is InChI=1S/C13H18N2O3/c1-10-3-2-4-11(9-10)12(13(16)14-17)15-5-7-18-8-6-15/h2-4,9,12,17H,5-8H2,1H3,(H,14,16). The highest BCUT2D eigenvalue weighted by atomic mass is 16.5. The van der Waals surface area contributed by atoms with E-state index in [1.54, 1.807) is 5.48 Å². The predicted octanol–water partition coefficient (Wildman–Crippen LogP) is 0.874. The van der Waals surface area contributed by atoms with Crippen molar-refractivity contribution >= 4 is 5.91 Å². The van der Waals surface area contributed by atoms with Gasteiger partial charge in [-0.15, -0.1) is 0 Å². The number of amides is 1. The molecule has 1 aromatic carbocycles. The average Bonchev–Trinajstić information content (AvgIpc) is 2.40. The summed E-state index contributed by atoms with van der Waals surface area (Å²) in [5.74, 6) is -0.400. The molecule has 1 amide bonds. The first kappa shape index (κ1) is 13.0. The molecule has 0 saturated carbocycles. The lowest BCUT2D eigenvalue weighted by atomic mass is 10.0. The molecule has 1 unspecified atom stereocenters. The van der Waals surface area contributed by atoms with Crippen molar-refractivity contribution in [1.29, 1.82) is 0 Å². The van der Waals surface area contributed by atoms with Crippen LogP contribution in [0.3, 0.4) is 0 Å². The van der Waals surface area contributed by atoms with E-state index >= 15 is 0 Å². The zero-order valence-electron chi connectivity index (χ0n) is 10.4. The third-order valence-electron chi connectivity index (χ3n) is 3.13. The molecule has 18 heavy (non-hydrogen) atoms. The molecule has 5 nitrogen and oxygen atoms in total. The monoisotopic (exact) mass is 250 g/mol.